The van der Waals surface area contributed by atoms with Gasteiger partial charge < -0.3 is 4.90 Å². The van der Waals surface area contributed by atoms with Crippen molar-refractivity contribution in [2.75, 3.05) is 6.54 Å². The topological polar surface area (TPSA) is 20.3 Å². The molecule has 1 aromatic carbocycles. The Morgan fingerprint density at radius 3 is 2.71 bits per heavy atom. The number of carbonyl (C=O) groups excluding carboxylic acids is 1. The minimum atomic E-state index is 0.236. The van der Waals surface area contributed by atoms with E-state index in [1.54, 1.807) is 0 Å². The standard InChI is InChI=1S/C14H18ClNO/c1-11-4-2-3-9-16(11)14(17)10-12-5-7-13(15)8-6-12/h5-8,11H,2-4,9-10H2,1H3/t11-/m1/s1. The number of rotatable bonds is 2. The number of hydrogen-bond acceptors (Lipinski definition) is 1. The second-order valence-electron chi connectivity index (χ2n) is 4.74. The number of piperidine rings is 1. The lowest BCUT2D eigenvalue weighted by atomic mass is 10.0. The molecule has 1 saturated heterocycles. The summed E-state index contributed by atoms with van der Waals surface area (Å²) in [6.45, 7) is 3.05. The Kier molecular flexibility index (Phi) is 4.06. The van der Waals surface area contributed by atoms with Gasteiger partial charge in [-0.15, -0.1) is 0 Å². The van der Waals surface area contributed by atoms with Gasteiger partial charge in [0.2, 0.25) is 5.91 Å². The van der Waals surface area contributed by atoms with Crippen LogP contribution >= 0.6 is 11.6 Å². The van der Waals surface area contributed by atoms with Gasteiger partial charge in [-0.25, -0.2) is 0 Å². The maximum Gasteiger partial charge on any atom is 0.227 e. The third kappa shape index (κ3) is 3.22. The van der Waals surface area contributed by atoms with Crippen molar-refractivity contribution < 1.29 is 4.79 Å². The Hall–Kier alpha value is -1.02. The molecule has 0 aromatic heterocycles. The first-order valence-corrected chi connectivity index (χ1v) is 6.58. The van der Waals surface area contributed by atoms with Crippen LogP contribution in [0.2, 0.25) is 5.02 Å². The van der Waals surface area contributed by atoms with E-state index in [-0.39, 0.29) is 5.91 Å². The third-order valence-corrected chi connectivity index (χ3v) is 3.64. The van der Waals surface area contributed by atoms with Crippen LogP contribution in [-0.2, 0) is 11.2 Å². The molecule has 1 atom stereocenters. The van der Waals surface area contributed by atoms with Gasteiger partial charge in [0.05, 0.1) is 6.42 Å². The van der Waals surface area contributed by atoms with Crippen LogP contribution < -0.4 is 0 Å². The molecule has 0 N–H and O–H groups in total. The first kappa shape index (κ1) is 12.4. The van der Waals surface area contributed by atoms with E-state index in [1.807, 2.05) is 29.2 Å². The van der Waals surface area contributed by atoms with Crippen LogP contribution in [0.4, 0.5) is 0 Å². The van der Waals surface area contributed by atoms with Gasteiger partial charge in [0, 0.05) is 17.6 Å². The Morgan fingerprint density at radius 2 is 2.06 bits per heavy atom. The molecule has 0 unspecified atom stereocenters. The molecular weight excluding hydrogens is 234 g/mol. The molecule has 1 amide bonds. The maximum absolute atomic E-state index is 12.2. The van der Waals surface area contributed by atoms with Gasteiger partial charge in [0.15, 0.2) is 0 Å². The molecule has 0 bridgehead atoms. The molecule has 92 valence electrons. The van der Waals surface area contributed by atoms with Crippen molar-refractivity contribution in [1.82, 2.24) is 4.90 Å². The van der Waals surface area contributed by atoms with Gasteiger partial charge in [0.25, 0.3) is 0 Å². The highest BCUT2D eigenvalue weighted by Gasteiger charge is 2.22. The van der Waals surface area contributed by atoms with Gasteiger partial charge in [-0.2, -0.15) is 0 Å². The molecule has 2 nitrogen and oxygen atoms in total. The number of likely N-dealkylation sites (tertiary alicyclic amines) is 1. The fraction of sp³-hybridized carbons (Fsp3) is 0.500. The van der Waals surface area contributed by atoms with Crippen LogP contribution in [0.25, 0.3) is 0 Å². The molecule has 0 spiro atoms. The van der Waals surface area contributed by atoms with Gasteiger partial charge >= 0.3 is 0 Å². The summed E-state index contributed by atoms with van der Waals surface area (Å²) in [6.07, 6.45) is 4.00. The molecule has 0 saturated carbocycles. The van der Waals surface area contributed by atoms with Crippen molar-refractivity contribution in [3.63, 3.8) is 0 Å². The molecule has 1 aromatic rings. The van der Waals surface area contributed by atoms with Crippen molar-refractivity contribution in [3.8, 4) is 0 Å². The summed E-state index contributed by atoms with van der Waals surface area (Å²) >= 11 is 5.82. The molecule has 1 aliphatic rings. The number of benzene rings is 1. The monoisotopic (exact) mass is 251 g/mol. The smallest absolute Gasteiger partial charge is 0.227 e. The summed E-state index contributed by atoms with van der Waals surface area (Å²) in [5.41, 5.74) is 1.04. The lowest BCUT2D eigenvalue weighted by Crippen LogP contribution is -2.42. The van der Waals surface area contributed by atoms with Crippen molar-refractivity contribution in [2.45, 2.75) is 38.6 Å². The SMILES string of the molecule is C[C@@H]1CCCCN1C(=O)Cc1ccc(Cl)cc1. The Balaban J connectivity index is 1.98. The largest absolute Gasteiger partial charge is 0.340 e. The number of amides is 1. The highest BCUT2D eigenvalue weighted by molar-refractivity contribution is 6.30. The molecule has 1 fully saturated rings. The summed E-state index contributed by atoms with van der Waals surface area (Å²) in [4.78, 5) is 14.2. The quantitative estimate of drug-likeness (QED) is 0.790. The lowest BCUT2D eigenvalue weighted by molar-refractivity contribution is -0.133. The Bertz CT molecular complexity index is 388. The molecule has 1 aliphatic heterocycles. The highest BCUT2D eigenvalue weighted by Crippen LogP contribution is 2.18. The summed E-state index contributed by atoms with van der Waals surface area (Å²) in [7, 11) is 0. The average molecular weight is 252 g/mol. The average Bonchev–Trinajstić information content (AvgIpc) is 2.32. The highest BCUT2D eigenvalue weighted by atomic mass is 35.5. The first-order chi connectivity index (χ1) is 8.16. The molecular formula is C14H18ClNO. The van der Waals surface area contributed by atoms with E-state index in [1.165, 1.54) is 6.42 Å². The first-order valence-electron chi connectivity index (χ1n) is 6.21. The number of halogens is 1. The number of carbonyl (C=O) groups is 1. The van der Waals surface area contributed by atoms with E-state index in [4.69, 9.17) is 11.6 Å². The fourth-order valence-electron chi connectivity index (χ4n) is 2.35. The minimum absolute atomic E-state index is 0.236. The number of nitrogens with zero attached hydrogens (tertiary/aromatic N) is 1. The fourth-order valence-corrected chi connectivity index (χ4v) is 2.47. The predicted octanol–water partition coefficient (Wildman–Crippen LogP) is 3.28. The van der Waals surface area contributed by atoms with Gasteiger partial charge in [0.1, 0.15) is 0 Å². The van der Waals surface area contributed by atoms with E-state index < -0.39 is 0 Å². The Morgan fingerprint density at radius 1 is 1.35 bits per heavy atom. The van der Waals surface area contributed by atoms with Gasteiger partial charge in [-0.1, -0.05) is 23.7 Å². The summed E-state index contributed by atoms with van der Waals surface area (Å²) in [6, 6.07) is 7.92. The van der Waals surface area contributed by atoms with Crippen LogP contribution in [0, 0.1) is 0 Å². The van der Waals surface area contributed by atoms with Crippen molar-refractivity contribution in [3.05, 3.63) is 34.9 Å². The normalized spacial score (nSPS) is 20.4. The van der Waals surface area contributed by atoms with Crippen LogP contribution in [0.15, 0.2) is 24.3 Å². The Labute approximate surface area is 108 Å². The number of hydrogen-bond donors (Lipinski definition) is 0. The second-order valence-corrected chi connectivity index (χ2v) is 5.17. The zero-order chi connectivity index (χ0) is 12.3. The van der Waals surface area contributed by atoms with Crippen LogP contribution in [0.5, 0.6) is 0 Å². The van der Waals surface area contributed by atoms with E-state index in [0.29, 0.717) is 17.5 Å². The van der Waals surface area contributed by atoms with Gasteiger partial charge in [-0.3, -0.25) is 4.79 Å². The molecule has 2 rings (SSSR count). The maximum atomic E-state index is 12.2. The van der Waals surface area contributed by atoms with Crippen LogP contribution in [0.3, 0.4) is 0 Å². The summed E-state index contributed by atoms with van der Waals surface area (Å²) in [5.74, 6) is 0.236. The van der Waals surface area contributed by atoms with E-state index in [2.05, 4.69) is 6.92 Å². The van der Waals surface area contributed by atoms with Crippen molar-refractivity contribution >= 4 is 17.5 Å². The second kappa shape index (κ2) is 5.54. The predicted molar refractivity (Wildman–Crippen MR) is 70.2 cm³/mol. The van der Waals surface area contributed by atoms with Crippen molar-refractivity contribution in [2.24, 2.45) is 0 Å². The zero-order valence-electron chi connectivity index (χ0n) is 10.2. The third-order valence-electron chi connectivity index (χ3n) is 3.39. The molecule has 0 radical (unpaired) electrons. The van der Waals surface area contributed by atoms with E-state index in [0.717, 1.165) is 24.9 Å². The molecule has 0 aliphatic carbocycles. The van der Waals surface area contributed by atoms with E-state index in [9.17, 15) is 4.79 Å². The summed E-state index contributed by atoms with van der Waals surface area (Å²) in [5, 5.41) is 0.715. The van der Waals surface area contributed by atoms with Gasteiger partial charge in [-0.05, 0) is 43.9 Å². The summed E-state index contributed by atoms with van der Waals surface area (Å²) < 4.78 is 0. The van der Waals surface area contributed by atoms with Crippen LogP contribution in [0.1, 0.15) is 31.7 Å². The molecule has 1 heterocycles. The zero-order valence-corrected chi connectivity index (χ0v) is 10.9. The lowest BCUT2D eigenvalue weighted by Gasteiger charge is -2.33. The van der Waals surface area contributed by atoms with E-state index >= 15 is 0 Å². The minimum Gasteiger partial charge on any atom is -0.340 e. The molecule has 3 heteroatoms. The van der Waals surface area contributed by atoms with Crippen molar-refractivity contribution in [1.29, 1.82) is 0 Å². The van der Waals surface area contributed by atoms with Crippen LogP contribution in [-0.4, -0.2) is 23.4 Å². The molecule has 17 heavy (non-hydrogen) atoms.